The average molecular weight is 288 g/mol. The molecule has 0 aliphatic carbocycles. The smallest absolute Gasteiger partial charge is 0.204 e. The second-order valence-corrected chi connectivity index (χ2v) is 5.82. The standard InChI is InChI=1S/C3HF5N2O4S2/c4-2(5,1-9)15(11,12)10-16(13,14)3(6,7)8/h10H. The van der Waals surface area contributed by atoms with Gasteiger partial charge in [0.05, 0.1) is 0 Å². The molecule has 0 saturated heterocycles. The van der Waals surface area contributed by atoms with Gasteiger partial charge < -0.3 is 0 Å². The van der Waals surface area contributed by atoms with Crippen LogP contribution in [-0.4, -0.2) is 27.6 Å². The summed E-state index contributed by atoms with van der Waals surface area (Å²) in [5, 5.41) is 2.33. The van der Waals surface area contributed by atoms with Gasteiger partial charge in [0, 0.05) is 0 Å². The first-order valence-corrected chi connectivity index (χ1v) is 5.87. The van der Waals surface area contributed by atoms with Crippen molar-refractivity contribution in [2.24, 2.45) is 0 Å². The summed E-state index contributed by atoms with van der Waals surface area (Å²) >= 11 is 0. The lowest BCUT2D eigenvalue weighted by Gasteiger charge is -2.12. The number of hydrogen-bond acceptors (Lipinski definition) is 5. The fourth-order valence-electron chi connectivity index (χ4n) is 0.304. The molecule has 1 N–H and O–H groups in total. The first-order chi connectivity index (χ1) is 6.77. The Morgan fingerprint density at radius 3 is 1.56 bits per heavy atom. The Bertz CT molecular complexity index is 511. The molecule has 0 saturated carbocycles. The molecule has 6 nitrogen and oxygen atoms in total. The molecule has 0 aliphatic heterocycles. The molecule has 0 aromatic carbocycles. The topological polar surface area (TPSA) is 104 Å². The molecular weight excluding hydrogens is 287 g/mol. The van der Waals surface area contributed by atoms with Crippen LogP contribution in [0.15, 0.2) is 0 Å². The number of hydrogen-bond donors (Lipinski definition) is 1. The van der Waals surface area contributed by atoms with Gasteiger partial charge in [-0.25, -0.2) is 16.8 Å². The second kappa shape index (κ2) is 3.79. The maximum absolute atomic E-state index is 12.2. The summed E-state index contributed by atoms with van der Waals surface area (Å²) in [6, 6.07) is -0.160. The monoisotopic (exact) mass is 288 g/mol. The van der Waals surface area contributed by atoms with Crippen LogP contribution in [-0.2, 0) is 20.0 Å². The molecule has 16 heavy (non-hydrogen) atoms. The van der Waals surface area contributed by atoms with Gasteiger partial charge in [-0.2, -0.15) is 27.2 Å². The van der Waals surface area contributed by atoms with E-state index in [2.05, 4.69) is 0 Å². The Kier molecular flexibility index (Phi) is 3.55. The number of alkyl halides is 5. The van der Waals surface area contributed by atoms with Crippen LogP contribution in [0, 0.1) is 11.3 Å². The molecule has 94 valence electrons. The van der Waals surface area contributed by atoms with E-state index >= 15 is 0 Å². The van der Waals surface area contributed by atoms with Crippen LogP contribution in [0.3, 0.4) is 0 Å². The predicted molar refractivity (Wildman–Crippen MR) is 37.6 cm³/mol. The van der Waals surface area contributed by atoms with Gasteiger partial charge in [-0.1, -0.05) is 4.13 Å². The van der Waals surface area contributed by atoms with E-state index < -0.39 is 30.8 Å². The van der Waals surface area contributed by atoms with E-state index in [1.54, 1.807) is 0 Å². The molecule has 0 atom stereocenters. The van der Waals surface area contributed by atoms with Crippen LogP contribution < -0.4 is 4.13 Å². The highest BCUT2D eigenvalue weighted by Crippen LogP contribution is 2.26. The summed E-state index contributed by atoms with van der Waals surface area (Å²) in [5.41, 5.74) is -6.09. The number of nitrogens with zero attached hydrogens (tertiary/aromatic N) is 1. The largest absolute Gasteiger partial charge is 0.512 e. The minimum absolute atomic E-state index is 0.160. The van der Waals surface area contributed by atoms with E-state index in [9.17, 15) is 38.8 Å². The third kappa shape index (κ3) is 2.77. The van der Waals surface area contributed by atoms with Crippen LogP contribution in [0.5, 0.6) is 0 Å². The van der Waals surface area contributed by atoms with Crippen LogP contribution in [0.4, 0.5) is 22.0 Å². The van der Waals surface area contributed by atoms with Crippen molar-refractivity contribution in [1.82, 2.24) is 4.13 Å². The number of rotatable bonds is 3. The van der Waals surface area contributed by atoms with E-state index in [1.807, 2.05) is 0 Å². The van der Waals surface area contributed by atoms with Gasteiger partial charge in [-0.15, -0.1) is 0 Å². The molecule has 0 amide bonds. The molecular formula is C3HF5N2O4S2. The van der Waals surface area contributed by atoms with Crippen molar-refractivity contribution in [1.29, 1.82) is 5.26 Å². The lowest BCUT2D eigenvalue weighted by Crippen LogP contribution is -2.46. The molecule has 0 aromatic rings. The number of nitrogens with one attached hydrogen (secondary N) is 1. The van der Waals surface area contributed by atoms with Gasteiger partial charge in [0.15, 0.2) is 6.07 Å². The summed E-state index contributed by atoms with van der Waals surface area (Å²) in [6.45, 7) is 0. The average Bonchev–Trinajstić information content (AvgIpc) is 1.99. The summed E-state index contributed by atoms with van der Waals surface area (Å²) in [5.74, 6) is 0. The van der Waals surface area contributed by atoms with Crippen molar-refractivity contribution in [3.05, 3.63) is 0 Å². The molecule has 0 bridgehead atoms. The molecule has 0 aliphatic rings. The summed E-state index contributed by atoms with van der Waals surface area (Å²) in [6.07, 6.45) is 0. The highest BCUT2D eigenvalue weighted by Gasteiger charge is 2.55. The number of sulfonamides is 2. The van der Waals surface area contributed by atoms with Crippen molar-refractivity contribution in [2.45, 2.75) is 10.8 Å². The first-order valence-electron chi connectivity index (χ1n) is 2.90. The van der Waals surface area contributed by atoms with Gasteiger partial charge in [-0.3, -0.25) is 0 Å². The normalized spacial score (nSPS) is 14.5. The molecule has 0 spiro atoms. The maximum atomic E-state index is 12.2. The molecule has 0 unspecified atom stereocenters. The molecule has 13 heteroatoms. The SMILES string of the molecule is N#CC(F)(F)S(=O)(=O)NS(=O)(=O)C(F)(F)F. The van der Waals surface area contributed by atoms with Crippen LogP contribution >= 0.6 is 0 Å². The van der Waals surface area contributed by atoms with Gasteiger partial charge in [0.1, 0.15) is 0 Å². The molecule has 0 rings (SSSR count). The third-order valence-corrected chi connectivity index (χ3v) is 4.12. The van der Waals surface area contributed by atoms with Crippen molar-refractivity contribution < 1.29 is 38.8 Å². The third-order valence-electron chi connectivity index (χ3n) is 0.992. The minimum atomic E-state index is -6.52. The van der Waals surface area contributed by atoms with E-state index in [-0.39, 0.29) is 10.2 Å². The summed E-state index contributed by atoms with van der Waals surface area (Å²) in [4.78, 5) is 0. The van der Waals surface area contributed by atoms with Crippen LogP contribution in [0.25, 0.3) is 0 Å². The number of nitriles is 1. The molecule has 0 heterocycles. The van der Waals surface area contributed by atoms with E-state index in [1.165, 1.54) is 0 Å². The minimum Gasteiger partial charge on any atom is -0.204 e. The number of halogens is 5. The zero-order valence-electron chi connectivity index (χ0n) is 6.79. The lowest BCUT2D eigenvalue weighted by atomic mass is 10.8. The molecule has 0 aromatic heterocycles. The van der Waals surface area contributed by atoms with Gasteiger partial charge >= 0.3 is 30.8 Å². The van der Waals surface area contributed by atoms with Gasteiger partial charge in [0.2, 0.25) is 0 Å². The quantitative estimate of drug-likeness (QED) is 0.728. The van der Waals surface area contributed by atoms with Crippen molar-refractivity contribution >= 4 is 20.0 Å². The molecule has 0 radical (unpaired) electrons. The Labute approximate surface area is 85.8 Å². The van der Waals surface area contributed by atoms with E-state index in [0.717, 1.165) is 0 Å². The van der Waals surface area contributed by atoms with Crippen molar-refractivity contribution in [3.63, 3.8) is 0 Å². The van der Waals surface area contributed by atoms with E-state index in [0.29, 0.717) is 0 Å². The van der Waals surface area contributed by atoms with Crippen molar-refractivity contribution in [2.75, 3.05) is 0 Å². The van der Waals surface area contributed by atoms with Gasteiger partial charge in [-0.05, 0) is 0 Å². The highest BCUT2D eigenvalue weighted by atomic mass is 32.3. The highest BCUT2D eigenvalue weighted by molar-refractivity contribution is 8.05. The second-order valence-electron chi connectivity index (χ2n) is 2.16. The zero-order valence-corrected chi connectivity index (χ0v) is 8.42. The Hall–Kier alpha value is -1.00. The fraction of sp³-hybridized carbons (Fsp3) is 0.667. The Morgan fingerprint density at radius 1 is 0.938 bits per heavy atom. The molecule has 0 fully saturated rings. The van der Waals surface area contributed by atoms with Crippen LogP contribution in [0.2, 0.25) is 0 Å². The summed E-state index contributed by atoms with van der Waals surface area (Å²) < 4.78 is 100. The summed E-state index contributed by atoms with van der Waals surface area (Å²) in [7, 11) is -12.8. The fourth-order valence-corrected chi connectivity index (χ4v) is 2.38. The predicted octanol–water partition coefficient (Wildman–Crippen LogP) is -0.128. The Balaban J connectivity index is 5.45. The van der Waals surface area contributed by atoms with E-state index in [4.69, 9.17) is 5.26 Å². The Morgan fingerprint density at radius 2 is 1.31 bits per heavy atom. The zero-order chi connectivity index (χ0) is 13.4. The van der Waals surface area contributed by atoms with Crippen LogP contribution in [0.1, 0.15) is 0 Å². The maximum Gasteiger partial charge on any atom is 0.512 e. The van der Waals surface area contributed by atoms with Crippen molar-refractivity contribution in [3.8, 4) is 6.07 Å². The first kappa shape index (κ1) is 15.0. The lowest BCUT2D eigenvalue weighted by molar-refractivity contribution is -0.0441. The van der Waals surface area contributed by atoms with Gasteiger partial charge in [0.25, 0.3) is 0 Å².